The maximum absolute atomic E-state index is 13.3. The van der Waals surface area contributed by atoms with E-state index in [0.29, 0.717) is 6.42 Å². The van der Waals surface area contributed by atoms with Gasteiger partial charge in [-0.1, -0.05) is 13.3 Å². The molecule has 1 rings (SSSR count). The van der Waals surface area contributed by atoms with Crippen LogP contribution in [0.25, 0.3) is 0 Å². The molecule has 0 saturated carbocycles. The van der Waals surface area contributed by atoms with Crippen LogP contribution in [0.3, 0.4) is 0 Å². The Morgan fingerprint density at radius 3 is 2.83 bits per heavy atom. The van der Waals surface area contributed by atoms with Crippen molar-refractivity contribution in [3.05, 3.63) is 29.8 Å². The van der Waals surface area contributed by atoms with E-state index in [4.69, 9.17) is 5.11 Å². The number of carbonyl (C=O) groups excluding carboxylic acids is 1. The molecule has 1 amide bonds. The van der Waals surface area contributed by atoms with Crippen molar-refractivity contribution >= 4 is 11.9 Å². The summed E-state index contributed by atoms with van der Waals surface area (Å²) in [6.07, 6.45) is 2.32. The van der Waals surface area contributed by atoms with Crippen molar-refractivity contribution in [2.75, 3.05) is 0 Å². The fraction of sp³-hybridized carbons (Fsp3) is 0.417. The number of carboxylic acids is 1. The average molecular weight is 254 g/mol. The first-order chi connectivity index (χ1) is 8.54. The van der Waals surface area contributed by atoms with Crippen molar-refractivity contribution in [2.45, 2.75) is 32.2 Å². The number of rotatable bonds is 6. The molecule has 0 fully saturated rings. The number of hydrogen-bond donors (Lipinski definition) is 2. The van der Waals surface area contributed by atoms with E-state index in [0.717, 1.165) is 6.42 Å². The standard InChI is InChI=1S/C12H15FN2O3/c1-2-4-8(7-10(16)17)15-12(18)9-5-3-6-14-11(9)13/h3,5-6,8H,2,4,7H2,1H3,(H,15,18)(H,16,17). The maximum atomic E-state index is 13.3. The third kappa shape index (κ3) is 4.12. The van der Waals surface area contributed by atoms with Crippen LogP contribution >= 0.6 is 0 Å². The number of pyridine rings is 1. The molecular formula is C12H15FN2O3. The SMILES string of the molecule is CCCC(CC(=O)O)NC(=O)c1cccnc1F. The Balaban J connectivity index is 2.72. The summed E-state index contributed by atoms with van der Waals surface area (Å²) >= 11 is 0. The van der Waals surface area contributed by atoms with Crippen molar-refractivity contribution in [2.24, 2.45) is 0 Å². The first kappa shape index (κ1) is 14.1. The Kier molecular flexibility index (Phi) is 5.23. The van der Waals surface area contributed by atoms with E-state index < -0.39 is 23.9 Å². The minimum Gasteiger partial charge on any atom is -0.481 e. The topological polar surface area (TPSA) is 79.3 Å². The quantitative estimate of drug-likeness (QED) is 0.755. The van der Waals surface area contributed by atoms with Crippen molar-refractivity contribution in [1.29, 1.82) is 0 Å². The lowest BCUT2D eigenvalue weighted by molar-refractivity contribution is -0.137. The molecule has 0 spiro atoms. The van der Waals surface area contributed by atoms with Gasteiger partial charge >= 0.3 is 5.97 Å². The summed E-state index contributed by atoms with van der Waals surface area (Å²) < 4.78 is 13.3. The summed E-state index contributed by atoms with van der Waals surface area (Å²) in [5, 5.41) is 11.2. The fourth-order valence-corrected chi connectivity index (χ4v) is 1.60. The second-order valence-electron chi connectivity index (χ2n) is 3.90. The van der Waals surface area contributed by atoms with Gasteiger partial charge in [0.2, 0.25) is 5.95 Å². The highest BCUT2D eigenvalue weighted by Crippen LogP contribution is 2.07. The van der Waals surface area contributed by atoms with Gasteiger partial charge in [0, 0.05) is 12.2 Å². The highest BCUT2D eigenvalue weighted by molar-refractivity contribution is 5.94. The Hall–Kier alpha value is -1.98. The molecule has 0 saturated heterocycles. The maximum Gasteiger partial charge on any atom is 0.305 e. The Morgan fingerprint density at radius 1 is 1.56 bits per heavy atom. The van der Waals surface area contributed by atoms with Crippen molar-refractivity contribution in [3.8, 4) is 0 Å². The van der Waals surface area contributed by atoms with Gasteiger partial charge in [0.05, 0.1) is 12.0 Å². The Morgan fingerprint density at radius 2 is 2.28 bits per heavy atom. The van der Waals surface area contributed by atoms with Crippen LogP contribution in [0, 0.1) is 5.95 Å². The van der Waals surface area contributed by atoms with E-state index in [1.807, 2.05) is 6.92 Å². The molecule has 6 heteroatoms. The number of nitrogens with one attached hydrogen (secondary N) is 1. The van der Waals surface area contributed by atoms with Crippen molar-refractivity contribution in [1.82, 2.24) is 10.3 Å². The monoisotopic (exact) mass is 254 g/mol. The summed E-state index contributed by atoms with van der Waals surface area (Å²) in [6, 6.07) is 2.26. The number of aromatic nitrogens is 1. The molecule has 2 N–H and O–H groups in total. The minimum absolute atomic E-state index is 0.177. The molecule has 0 aromatic carbocycles. The van der Waals surface area contributed by atoms with Crippen LogP contribution in [0.5, 0.6) is 0 Å². The third-order valence-corrected chi connectivity index (χ3v) is 2.40. The van der Waals surface area contributed by atoms with E-state index in [-0.39, 0.29) is 12.0 Å². The summed E-state index contributed by atoms with van der Waals surface area (Å²) in [7, 11) is 0. The second-order valence-corrected chi connectivity index (χ2v) is 3.90. The van der Waals surface area contributed by atoms with E-state index in [2.05, 4.69) is 10.3 Å². The molecule has 18 heavy (non-hydrogen) atoms. The lowest BCUT2D eigenvalue weighted by atomic mass is 10.1. The third-order valence-electron chi connectivity index (χ3n) is 2.40. The molecule has 1 aromatic heterocycles. The van der Waals surface area contributed by atoms with Gasteiger partial charge in [-0.15, -0.1) is 0 Å². The molecule has 0 bridgehead atoms. The zero-order chi connectivity index (χ0) is 13.5. The minimum atomic E-state index is -1.000. The van der Waals surface area contributed by atoms with Gasteiger partial charge in [0.1, 0.15) is 0 Å². The Labute approximate surface area is 104 Å². The van der Waals surface area contributed by atoms with Crippen LogP contribution in [0.15, 0.2) is 18.3 Å². The zero-order valence-corrected chi connectivity index (χ0v) is 10.0. The number of aliphatic carboxylic acids is 1. The summed E-state index contributed by atoms with van der Waals surface area (Å²) in [6.45, 7) is 1.88. The van der Waals surface area contributed by atoms with Gasteiger partial charge in [-0.3, -0.25) is 9.59 Å². The smallest absolute Gasteiger partial charge is 0.305 e. The van der Waals surface area contributed by atoms with Crippen LogP contribution in [0.4, 0.5) is 4.39 Å². The van der Waals surface area contributed by atoms with Gasteiger partial charge in [-0.2, -0.15) is 4.39 Å². The normalized spacial score (nSPS) is 11.9. The number of amides is 1. The molecule has 0 aliphatic rings. The predicted octanol–water partition coefficient (Wildman–Crippen LogP) is 1.59. The Bertz CT molecular complexity index is 437. The highest BCUT2D eigenvalue weighted by Gasteiger charge is 2.18. The summed E-state index contributed by atoms with van der Waals surface area (Å²) in [4.78, 5) is 25.8. The number of carboxylic acid groups (broad SMARTS) is 1. The summed E-state index contributed by atoms with van der Waals surface area (Å²) in [5.74, 6) is -2.50. The van der Waals surface area contributed by atoms with Crippen LogP contribution in [-0.4, -0.2) is 28.0 Å². The second kappa shape index (κ2) is 6.68. The van der Waals surface area contributed by atoms with E-state index in [9.17, 15) is 14.0 Å². The molecule has 5 nitrogen and oxygen atoms in total. The van der Waals surface area contributed by atoms with E-state index in [1.165, 1.54) is 18.3 Å². The van der Waals surface area contributed by atoms with Gasteiger partial charge in [0.15, 0.2) is 0 Å². The largest absolute Gasteiger partial charge is 0.481 e. The average Bonchev–Trinajstić information content (AvgIpc) is 2.28. The number of hydrogen-bond acceptors (Lipinski definition) is 3. The zero-order valence-electron chi connectivity index (χ0n) is 10.0. The molecule has 0 radical (unpaired) electrons. The van der Waals surface area contributed by atoms with Crippen molar-refractivity contribution in [3.63, 3.8) is 0 Å². The van der Waals surface area contributed by atoms with Gasteiger partial charge < -0.3 is 10.4 Å². The molecular weight excluding hydrogens is 239 g/mol. The number of nitrogens with zero attached hydrogens (tertiary/aromatic N) is 1. The van der Waals surface area contributed by atoms with Crippen molar-refractivity contribution < 1.29 is 19.1 Å². The molecule has 0 aliphatic carbocycles. The number of halogens is 1. The molecule has 1 unspecified atom stereocenters. The van der Waals surface area contributed by atoms with Crippen LogP contribution in [-0.2, 0) is 4.79 Å². The predicted molar refractivity (Wildman–Crippen MR) is 62.6 cm³/mol. The van der Waals surface area contributed by atoms with Crippen LogP contribution in [0.2, 0.25) is 0 Å². The molecule has 1 atom stereocenters. The molecule has 0 aliphatic heterocycles. The van der Waals surface area contributed by atoms with Crippen LogP contribution < -0.4 is 5.32 Å². The lowest BCUT2D eigenvalue weighted by Crippen LogP contribution is -2.36. The first-order valence-electron chi connectivity index (χ1n) is 5.67. The van der Waals surface area contributed by atoms with Crippen LogP contribution in [0.1, 0.15) is 36.5 Å². The molecule has 1 heterocycles. The van der Waals surface area contributed by atoms with E-state index >= 15 is 0 Å². The summed E-state index contributed by atoms with van der Waals surface area (Å²) in [5.41, 5.74) is -0.177. The number of carbonyl (C=O) groups is 2. The first-order valence-corrected chi connectivity index (χ1v) is 5.67. The molecule has 1 aromatic rings. The van der Waals surface area contributed by atoms with Gasteiger partial charge in [-0.05, 0) is 18.6 Å². The lowest BCUT2D eigenvalue weighted by Gasteiger charge is -2.16. The fourth-order valence-electron chi connectivity index (χ4n) is 1.60. The van der Waals surface area contributed by atoms with Gasteiger partial charge in [-0.25, -0.2) is 4.98 Å². The molecule has 98 valence electrons. The van der Waals surface area contributed by atoms with Gasteiger partial charge in [0.25, 0.3) is 5.91 Å². The van der Waals surface area contributed by atoms with E-state index in [1.54, 1.807) is 0 Å². The highest BCUT2D eigenvalue weighted by atomic mass is 19.1.